The first-order valence-corrected chi connectivity index (χ1v) is 1.89. The Bertz CT molecular complexity index is 115. The molecule has 46 valence electrons. The molecule has 0 aliphatic carbocycles. The maximum atomic E-state index is 10.0. The van der Waals surface area contributed by atoms with Crippen molar-refractivity contribution in [3.05, 3.63) is 12.0 Å². The minimum absolute atomic E-state index is 0.235. The van der Waals surface area contributed by atoms with Crippen molar-refractivity contribution in [1.82, 2.24) is 0 Å². The van der Waals surface area contributed by atoms with Crippen LogP contribution in [0.25, 0.3) is 0 Å². The van der Waals surface area contributed by atoms with Gasteiger partial charge in [-0.25, -0.2) is 0 Å². The number of aliphatic hydroxyl groups is 3. The van der Waals surface area contributed by atoms with Crippen LogP contribution in [0.15, 0.2) is 12.0 Å². The lowest BCUT2D eigenvalue weighted by Gasteiger charge is -1.88. The molecule has 0 fully saturated rings. The van der Waals surface area contributed by atoms with Gasteiger partial charge in [-0.3, -0.25) is 4.79 Å². The lowest BCUT2D eigenvalue weighted by atomic mass is 10.4. The Balaban J connectivity index is 3.83. The van der Waals surface area contributed by atoms with Crippen LogP contribution in [0.3, 0.4) is 0 Å². The number of Topliss-reactive ketones (excluding diaryl/α,β-unsaturated/α-hetero) is 1. The van der Waals surface area contributed by atoms with Gasteiger partial charge < -0.3 is 15.3 Å². The van der Waals surface area contributed by atoms with E-state index < -0.39 is 18.1 Å². The van der Waals surface area contributed by atoms with Crippen LogP contribution in [-0.4, -0.2) is 27.7 Å². The predicted molar refractivity (Wildman–Crippen MR) is 25.4 cm³/mol. The third-order valence-corrected chi connectivity index (χ3v) is 0.552. The molecule has 3 N–H and O–H groups in total. The molecule has 0 aromatic rings. The minimum Gasteiger partial charge on any atom is -0.512 e. The van der Waals surface area contributed by atoms with Crippen LogP contribution in [0, 0.1) is 0 Å². The fourth-order valence-electron chi connectivity index (χ4n) is 0.153. The van der Waals surface area contributed by atoms with Gasteiger partial charge in [-0.05, 0) is 0 Å². The molecule has 0 saturated heterocycles. The topological polar surface area (TPSA) is 77.8 Å². The lowest BCUT2D eigenvalue weighted by molar-refractivity contribution is -0.120. The number of ketones is 1. The number of rotatable bonds is 2. The molecule has 4 heteroatoms. The average Bonchev–Trinajstić information content (AvgIpc) is 1.84. The fourth-order valence-corrected chi connectivity index (χ4v) is 0.153. The van der Waals surface area contributed by atoms with E-state index in [0.29, 0.717) is 0 Å². The van der Waals surface area contributed by atoms with Crippen LogP contribution in [-0.2, 0) is 4.79 Å². The molecule has 0 amide bonds. The van der Waals surface area contributed by atoms with Crippen LogP contribution in [0.5, 0.6) is 0 Å². The van der Waals surface area contributed by atoms with Crippen molar-refractivity contribution < 1.29 is 20.1 Å². The van der Waals surface area contributed by atoms with E-state index in [1.165, 1.54) is 0 Å². The maximum Gasteiger partial charge on any atom is 0.225 e. The Labute approximate surface area is 45.7 Å². The monoisotopic (exact) mass is 118 g/mol. The second-order valence-electron chi connectivity index (χ2n) is 1.10. The summed E-state index contributed by atoms with van der Waals surface area (Å²) < 4.78 is 0. The maximum absolute atomic E-state index is 10.0. The van der Waals surface area contributed by atoms with E-state index >= 15 is 0 Å². The highest BCUT2D eigenvalue weighted by atomic mass is 16.3. The number of aliphatic hydroxyl groups excluding tert-OH is 3. The second kappa shape index (κ2) is 3.04. The van der Waals surface area contributed by atoms with Gasteiger partial charge >= 0.3 is 0 Å². The first kappa shape index (κ1) is 6.97. The number of carbonyl (C=O) groups is 1. The number of hydrogen-bond donors (Lipinski definition) is 3. The van der Waals surface area contributed by atoms with Crippen LogP contribution < -0.4 is 0 Å². The molecule has 0 atom stereocenters. The Morgan fingerprint density at radius 1 is 1.62 bits per heavy atom. The molecule has 0 saturated carbocycles. The highest BCUT2D eigenvalue weighted by Crippen LogP contribution is 1.85. The summed E-state index contributed by atoms with van der Waals surface area (Å²) in [6.45, 7) is -0.789. The van der Waals surface area contributed by atoms with Crippen molar-refractivity contribution in [2.75, 3.05) is 6.61 Å². The van der Waals surface area contributed by atoms with Crippen LogP contribution in [0.1, 0.15) is 0 Å². The van der Waals surface area contributed by atoms with E-state index in [4.69, 9.17) is 15.3 Å². The Kier molecular flexibility index (Phi) is 2.64. The van der Waals surface area contributed by atoms with Crippen molar-refractivity contribution in [2.24, 2.45) is 0 Å². The third kappa shape index (κ3) is 1.61. The molecule has 0 rings (SSSR count). The molecule has 0 aliphatic heterocycles. The molecule has 0 aromatic carbocycles. The molecular weight excluding hydrogens is 112 g/mol. The van der Waals surface area contributed by atoms with Crippen molar-refractivity contribution in [2.45, 2.75) is 0 Å². The van der Waals surface area contributed by atoms with Gasteiger partial charge in [0.15, 0.2) is 5.76 Å². The number of hydrogen-bond acceptors (Lipinski definition) is 4. The molecule has 0 aliphatic rings. The normalized spacial score (nSPS) is 11.4. The zero-order chi connectivity index (χ0) is 6.57. The smallest absolute Gasteiger partial charge is 0.225 e. The van der Waals surface area contributed by atoms with E-state index in [-0.39, 0.29) is 6.26 Å². The van der Waals surface area contributed by atoms with Crippen LogP contribution in [0.2, 0.25) is 0 Å². The molecular formula is C4H6O4. The van der Waals surface area contributed by atoms with E-state index in [1.807, 2.05) is 0 Å². The van der Waals surface area contributed by atoms with Gasteiger partial charge in [0.05, 0.1) is 0 Å². The quantitative estimate of drug-likeness (QED) is 0.337. The Morgan fingerprint density at radius 2 is 2.12 bits per heavy atom. The summed E-state index contributed by atoms with van der Waals surface area (Å²) in [7, 11) is 0. The molecule has 0 unspecified atom stereocenters. The van der Waals surface area contributed by atoms with Crippen molar-refractivity contribution in [3.63, 3.8) is 0 Å². The summed E-state index contributed by atoms with van der Waals surface area (Å²) in [6, 6.07) is 0. The first-order chi connectivity index (χ1) is 3.72. The highest BCUT2D eigenvalue weighted by Gasteiger charge is 2.02. The second-order valence-corrected chi connectivity index (χ2v) is 1.10. The van der Waals surface area contributed by atoms with Crippen LogP contribution >= 0.6 is 0 Å². The van der Waals surface area contributed by atoms with E-state index in [9.17, 15) is 4.79 Å². The summed E-state index contributed by atoms with van der Waals surface area (Å²) in [6.07, 6.45) is 0.235. The molecule has 8 heavy (non-hydrogen) atoms. The van der Waals surface area contributed by atoms with Gasteiger partial charge in [-0.1, -0.05) is 0 Å². The summed E-state index contributed by atoms with van der Waals surface area (Å²) in [5.74, 6) is -1.72. The zero-order valence-electron chi connectivity index (χ0n) is 4.03. The van der Waals surface area contributed by atoms with Gasteiger partial charge in [0, 0.05) is 0 Å². The van der Waals surface area contributed by atoms with Gasteiger partial charge in [-0.15, -0.1) is 0 Å². The summed E-state index contributed by atoms with van der Waals surface area (Å²) in [4.78, 5) is 10.0. The molecule has 0 aromatic heterocycles. The van der Waals surface area contributed by atoms with Crippen molar-refractivity contribution in [3.8, 4) is 0 Å². The molecule has 4 nitrogen and oxygen atoms in total. The highest BCUT2D eigenvalue weighted by molar-refractivity contribution is 5.93. The Hall–Kier alpha value is -1.03. The number of carbonyl (C=O) groups excluding carboxylic acids is 1. The van der Waals surface area contributed by atoms with Gasteiger partial charge in [0.25, 0.3) is 0 Å². The van der Waals surface area contributed by atoms with E-state index in [1.54, 1.807) is 0 Å². The Morgan fingerprint density at radius 3 is 2.25 bits per heavy atom. The fraction of sp³-hybridized carbons (Fsp3) is 0.250. The zero-order valence-corrected chi connectivity index (χ0v) is 4.03. The largest absolute Gasteiger partial charge is 0.512 e. The van der Waals surface area contributed by atoms with E-state index in [0.717, 1.165) is 0 Å². The SMILES string of the molecule is O=C(CO)C(O)=CO. The molecule has 0 heterocycles. The van der Waals surface area contributed by atoms with Crippen molar-refractivity contribution in [1.29, 1.82) is 0 Å². The van der Waals surface area contributed by atoms with Gasteiger partial charge in [-0.2, -0.15) is 0 Å². The summed E-state index contributed by atoms with van der Waals surface area (Å²) in [5, 5.41) is 24.1. The van der Waals surface area contributed by atoms with E-state index in [2.05, 4.69) is 0 Å². The van der Waals surface area contributed by atoms with Gasteiger partial charge in [0.2, 0.25) is 5.78 Å². The van der Waals surface area contributed by atoms with Gasteiger partial charge in [0.1, 0.15) is 12.9 Å². The molecule has 0 bridgehead atoms. The van der Waals surface area contributed by atoms with Crippen molar-refractivity contribution >= 4 is 5.78 Å². The summed E-state index contributed by atoms with van der Waals surface area (Å²) in [5.41, 5.74) is 0. The lowest BCUT2D eigenvalue weighted by Crippen LogP contribution is -2.06. The third-order valence-electron chi connectivity index (χ3n) is 0.552. The first-order valence-electron chi connectivity index (χ1n) is 1.89. The molecule has 0 radical (unpaired) electrons. The summed E-state index contributed by atoms with van der Waals surface area (Å²) >= 11 is 0. The minimum atomic E-state index is -0.896. The predicted octanol–water partition coefficient (Wildman–Crippen LogP) is -0.495. The molecule has 0 spiro atoms. The average molecular weight is 118 g/mol. The standard InChI is InChI=1S/C4H6O4/c5-1-3(7)4(8)2-6/h1,5-7H,2H2. The van der Waals surface area contributed by atoms with Crippen LogP contribution in [0.4, 0.5) is 0 Å².